The molecule has 0 fully saturated rings. The number of hydrogen-bond donors (Lipinski definition) is 2. The highest BCUT2D eigenvalue weighted by molar-refractivity contribution is 9.10. The SMILES string of the molecule is CCc1cccc(OCC(=O)NNC(=O)COc2ccc(CC)cc2Br)c1. The van der Waals surface area contributed by atoms with Gasteiger partial charge in [0.05, 0.1) is 4.47 Å². The molecule has 0 radical (unpaired) electrons. The molecule has 0 aliphatic carbocycles. The number of carbonyl (C=O) groups excluding carboxylic acids is 2. The molecule has 2 rings (SSSR count). The molecule has 6 nitrogen and oxygen atoms in total. The topological polar surface area (TPSA) is 76.7 Å². The zero-order valence-corrected chi connectivity index (χ0v) is 17.0. The number of hydrazine groups is 1. The first-order chi connectivity index (χ1) is 13.0. The smallest absolute Gasteiger partial charge is 0.276 e. The Bertz CT molecular complexity index is 795. The third kappa shape index (κ3) is 6.94. The van der Waals surface area contributed by atoms with Gasteiger partial charge in [-0.25, -0.2) is 0 Å². The first-order valence-corrected chi connectivity index (χ1v) is 9.51. The van der Waals surface area contributed by atoms with E-state index in [1.165, 1.54) is 0 Å². The maximum Gasteiger partial charge on any atom is 0.276 e. The van der Waals surface area contributed by atoms with Crippen LogP contribution in [-0.2, 0) is 22.4 Å². The number of amides is 2. The summed E-state index contributed by atoms with van der Waals surface area (Å²) in [5.74, 6) is 0.244. The lowest BCUT2D eigenvalue weighted by Crippen LogP contribution is -2.45. The average Bonchev–Trinajstić information content (AvgIpc) is 2.69. The van der Waals surface area contributed by atoms with Crippen molar-refractivity contribution in [2.45, 2.75) is 26.7 Å². The van der Waals surface area contributed by atoms with Crippen LogP contribution >= 0.6 is 15.9 Å². The van der Waals surface area contributed by atoms with Crippen molar-refractivity contribution >= 4 is 27.7 Å². The summed E-state index contributed by atoms with van der Waals surface area (Å²) < 4.78 is 11.6. The van der Waals surface area contributed by atoms with Gasteiger partial charge in [0.15, 0.2) is 13.2 Å². The van der Waals surface area contributed by atoms with Crippen molar-refractivity contribution in [3.05, 3.63) is 58.1 Å². The van der Waals surface area contributed by atoms with Crippen molar-refractivity contribution in [2.24, 2.45) is 0 Å². The van der Waals surface area contributed by atoms with Crippen LogP contribution < -0.4 is 20.3 Å². The number of hydrogen-bond acceptors (Lipinski definition) is 4. The Morgan fingerprint density at radius 2 is 1.52 bits per heavy atom. The van der Waals surface area contributed by atoms with Crippen LogP contribution in [0.2, 0.25) is 0 Å². The molecule has 0 heterocycles. The van der Waals surface area contributed by atoms with Gasteiger partial charge in [-0.3, -0.25) is 20.4 Å². The number of nitrogens with one attached hydrogen (secondary N) is 2. The molecule has 2 N–H and O–H groups in total. The quantitative estimate of drug-likeness (QED) is 0.625. The summed E-state index contributed by atoms with van der Waals surface area (Å²) in [6.45, 7) is 3.69. The zero-order chi connectivity index (χ0) is 19.6. The van der Waals surface area contributed by atoms with E-state index in [1.807, 2.05) is 37.3 Å². The van der Waals surface area contributed by atoms with E-state index >= 15 is 0 Å². The number of carbonyl (C=O) groups is 2. The third-order valence-electron chi connectivity index (χ3n) is 3.78. The lowest BCUT2D eigenvalue weighted by molar-refractivity contribution is -0.131. The van der Waals surface area contributed by atoms with Crippen LogP contribution in [0.1, 0.15) is 25.0 Å². The summed E-state index contributed by atoms with van der Waals surface area (Å²) in [6.07, 6.45) is 1.80. The van der Waals surface area contributed by atoms with Crippen LogP contribution in [0, 0.1) is 0 Å². The van der Waals surface area contributed by atoms with Crippen LogP contribution in [0.3, 0.4) is 0 Å². The van der Waals surface area contributed by atoms with E-state index in [1.54, 1.807) is 12.1 Å². The highest BCUT2D eigenvalue weighted by atomic mass is 79.9. The standard InChI is InChI=1S/C20H23BrN2O4/c1-3-14-6-5-7-16(10-14)26-12-19(24)22-23-20(25)13-27-18-9-8-15(4-2)11-17(18)21/h5-11H,3-4,12-13H2,1-2H3,(H,22,24)(H,23,25). The predicted molar refractivity (Wildman–Crippen MR) is 107 cm³/mol. The van der Waals surface area contributed by atoms with Gasteiger partial charge in [-0.05, 0) is 64.2 Å². The molecule has 144 valence electrons. The molecule has 0 aliphatic rings. The molecule has 2 amide bonds. The maximum absolute atomic E-state index is 11.8. The van der Waals surface area contributed by atoms with Crippen LogP contribution in [-0.4, -0.2) is 25.0 Å². The van der Waals surface area contributed by atoms with Crippen molar-refractivity contribution in [2.75, 3.05) is 13.2 Å². The summed E-state index contributed by atoms with van der Waals surface area (Å²) in [5, 5.41) is 0. The number of ether oxygens (including phenoxy) is 2. The van der Waals surface area contributed by atoms with Crippen LogP contribution in [0.15, 0.2) is 46.9 Å². The van der Waals surface area contributed by atoms with Gasteiger partial charge in [-0.1, -0.05) is 32.0 Å². The highest BCUT2D eigenvalue weighted by Crippen LogP contribution is 2.26. The molecule has 0 spiro atoms. The second-order valence-electron chi connectivity index (χ2n) is 5.79. The van der Waals surface area contributed by atoms with Gasteiger partial charge in [0.25, 0.3) is 11.8 Å². The van der Waals surface area contributed by atoms with Crippen LogP contribution in [0.25, 0.3) is 0 Å². The van der Waals surface area contributed by atoms with Gasteiger partial charge < -0.3 is 9.47 Å². The average molecular weight is 435 g/mol. The van der Waals surface area contributed by atoms with E-state index in [0.717, 1.165) is 28.4 Å². The monoisotopic (exact) mass is 434 g/mol. The van der Waals surface area contributed by atoms with Crippen molar-refractivity contribution in [1.29, 1.82) is 0 Å². The highest BCUT2D eigenvalue weighted by Gasteiger charge is 2.08. The Hall–Kier alpha value is -2.54. The molecule has 2 aromatic rings. The van der Waals surface area contributed by atoms with Crippen molar-refractivity contribution in [3.8, 4) is 11.5 Å². The van der Waals surface area contributed by atoms with E-state index in [0.29, 0.717) is 11.5 Å². The van der Waals surface area contributed by atoms with Gasteiger partial charge in [0.2, 0.25) is 0 Å². The second-order valence-corrected chi connectivity index (χ2v) is 6.65. The van der Waals surface area contributed by atoms with Gasteiger partial charge in [-0.15, -0.1) is 0 Å². The molecule has 0 aliphatic heterocycles. The van der Waals surface area contributed by atoms with Gasteiger partial charge in [0.1, 0.15) is 11.5 Å². The molecular formula is C20H23BrN2O4. The van der Waals surface area contributed by atoms with Gasteiger partial charge in [0, 0.05) is 0 Å². The number of rotatable bonds is 8. The molecule has 7 heteroatoms. The Labute approximate surface area is 167 Å². The Morgan fingerprint density at radius 3 is 2.15 bits per heavy atom. The zero-order valence-electron chi connectivity index (χ0n) is 15.4. The summed E-state index contributed by atoms with van der Waals surface area (Å²) in [7, 11) is 0. The fourth-order valence-electron chi connectivity index (χ4n) is 2.24. The molecule has 0 atom stereocenters. The molecule has 0 saturated heterocycles. The number of benzene rings is 2. The summed E-state index contributed by atoms with van der Waals surface area (Å²) in [5.41, 5.74) is 6.87. The normalized spacial score (nSPS) is 10.2. The van der Waals surface area contributed by atoms with Crippen LogP contribution in [0.5, 0.6) is 11.5 Å². The molecular weight excluding hydrogens is 412 g/mol. The van der Waals surface area contributed by atoms with E-state index in [9.17, 15) is 9.59 Å². The largest absolute Gasteiger partial charge is 0.484 e. The molecule has 0 saturated carbocycles. The molecule has 27 heavy (non-hydrogen) atoms. The Morgan fingerprint density at radius 1 is 0.889 bits per heavy atom. The Kier molecular flexibility index (Phi) is 8.13. The van der Waals surface area contributed by atoms with Crippen molar-refractivity contribution < 1.29 is 19.1 Å². The van der Waals surface area contributed by atoms with E-state index in [2.05, 4.69) is 33.7 Å². The number of aryl methyl sites for hydroxylation is 2. The minimum atomic E-state index is -0.470. The Balaban J connectivity index is 1.71. The first-order valence-electron chi connectivity index (χ1n) is 8.72. The fraction of sp³-hybridized carbons (Fsp3) is 0.300. The first kappa shape index (κ1) is 20.8. The summed E-state index contributed by atoms with van der Waals surface area (Å²) >= 11 is 3.41. The fourth-order valence-corrected chi connectivity index (χ4v) is 2.78. The second kappa shape index (κ2) is 10.6. The molecule has 0 aromatic heterocycles. The van der Waals surface area contributed by atoms with Gasteiger partial charge in [-0.2, -0.15) is 0 Å². The predicted octanol–water partition coefficient (Wildman–Crippen LogP) is 3.18. The molecule has 0 unspecified atom stereocenters. The van der Waals surface area contributed by atoms with E-state index < -0.39 is 11.8 Å². The maximum atomic E-state index is 11.8. The third-order valence-corrected chi connectivity index (χ3v) is 4.40. The van der Waals surface area contributed by atoms with E-state index in [4.69, 9.17) is 9.47 Å². The summed E-state index contributed by atoms with van der Waals surface area (Å²) in [6, 6.07) is 13.2. The van der Waals surface area contributed by atoms with Crippen LogP contribution in [0.4, 0.5) is 0 Å². The molecule has 0 bridgehead atoms. The lowest BCUT2D eigenvalue weighted by Gasteiger charge is -2.11. The summed E-state index contributed by atoms with van der Waals surface area (Å²) in [4.78, 5) is 23.6. The van der Waals surface area contributed by atoms with Gasteiger partial charge >= 0.3 is 0 Å². The number of halogens is 1. The minimum Gasteiger partial charge on any atom is -0.484 e. The molecule has 2 aromatic carbocycles. The van der Waals surface area contributed by atoms with Crippen molar-refractivity contribution in [1.82, 2.24) is 10.9 Å². The van der Waals surface area contributed by atoms with Crippen molar-refractivity contribution in [3.63, 3.8) is 0 Å². The lowest BCUT2D eigenvalue weighted by atomic mass is 10.2. The minimum absolute atomic E-state index is 0.196. The van der Waals surface area contributed by atoms with E-state index in [-0.39, 0.29) is 13.2 Å².